The zero-order valence-corrected chi connectivity index (χ0v) is 22.7. The van der Waals surface area contributed by atoms with Gasteiger partial charge in [0, 0.05) is 42.0 Å². The van der Waals surface area contributed by atoms with E-state index in [9.17, 15) is 10.2 Å². The van der Waals surface area contributed by atoms with Crippen molar-refractivity contribution in [2.45, 2.75) is 101 Å². The molecular weight excluding hydrogens is 462 g/mol. The topological polar surface area (TPSA) is 62.2 Å². The van der Waals surface area contributed by atoms with Crippen molar-refractivity contribution in [2.75, 3.05) is 20.2 Å². The van der Waals surface area contributed by atoms with Gasteiger partial charge in [0.15, 0.2) is 11.5 Å². The summed E-state index contributed by atoms with van der Waals surface area (Å²) < 4.78 is 13.5. The van der Waals surface area contributed by atoms with Crippen molar-refractivity contribution in [3.63, 3.8) is 0 Å². The van der Waals surface area contributed by atoms with Gasteiger partial charge in [-0.3, -0.25) is 4.90 Å². The van der Waals surface area contributed by atoms with E-state index in [1.54, 1.807) is 0 Å². The number of phenolic OH excluding ortho intramolecular Hbond substituents is 1. The third-order valence-electron chi connectivity index (χ3n) is 11.9. The number of phenols is 1. The third kappa shape index (κ3) is 2.62. The predicted molar refractivity (Wildman–Crippen MR) is 137 cm³/mol. The molecular formula is C29H42ClNO4. The van der Waals surface area contributed by atoms with Gasteiger partial charge in [-0.2, -0.15) is 0 Å². The van der Waals surface area contributed by atoms with Gasteiger partial charge in [-0.15, -0.1) is 12.4 Å². The smallest absolute Gasteiger partial charge is 0.165 e. The van der Waals surface area contributed by atoms with Crippen LogP contribution in [0.15, 0.2) is 12.1 Å². The van der Waals surface area contributed by atoms with Crippen LogP contribution in [0.5, 0.6) is 11.5 Å². The molecule has 2 N–H and O–H groups in total. The number of likely N-dealkylation sites (tertiary alicyclic amines) is 1. The number of halogens is 1. The summed E-state index contributed by atoms with van der Waals surface area (Å²) in [6.45, 7) is 10.8. The number of aliphatic hydroxyl groups is 1. The van der Waals surface area contributed by atoms with Crippen molar-refractivity contribution in [1.82, 2.24) is 4.90 Å². The van der Waals surface area contributed by atoms with E-state index in [1.165, 1.54) is 30.5 Å². The van der Waals surface area contributed by atoms with E-state index < -0.39 is 11.2 Å². The van der Waals surface area contributed by atoms with E-state index in [2.05, 4.69) is 31.7 Å². The normalized spacial score (nSPS) is 42.6. The summed E-state index contributed by atoms with van der Waals surface area (Å²) in [5.74, 6) is 1.80. The van der Waals surface area contributed by atoms with Gasteiger partial charge >= 0.3 is 0 Å². The fourth-order valence-corrected chi connectivity index (χ4v) is 9.58. The van der Waals surface area contributed by atoms with E-state index in [1.807, 2.05) is 20.1 Å². The van der Waals surface area contributed by atoms with Gasteiger partial charge < -0.3 is 19.7 Å². The Morgan fingerprint density at radius 2 is 1.89 bits per heavy atom. The van der Waals surface area contributed by atoms with E-state index in [0.29, 0.717) is 11.8 Å². The van der Waals surface area contributed by atoms with Crippen LogP contribution in [0.1, 0.15) is 77.3 Å². The first-order valence-corrected chi connectivity index (χ1v) is 13.6. The molecule has 2 spiro atoms. The van der Waals surface area contributed by atoms with E-state index in [0.717, 1.165) is 44.6 Å². The Bertz CT molecular complexity index is 1060. The molecule has 3 unspecified atom stereocenters. The highest BCUT2D eigenvalue weighted by molar-refractivity contribution is 5.85. The van der Waals surface area contributed by atoms with Gasteiger partial charge in [0.05, 0.1) is 5.60 Å². The minimum atomic E-state index is -0.909. The zero-order valence-electron chi connectivity index (χ0n) is 21.9. The highest BCUT2D eigenvalue weighted by atomic mass is 35.5. The van der Waals surface area contributed by atoms with E-state index in [-0.39, 0.29) is 46.4 Å². The number of fused-ring (bicyclic) bond motifs is 2. The summed E-state index contributed by atoms with van der Waals surface area (Å²) in [5, 5.41) is 23.2. The maximum atomic E-state index is 12.2. The van der Waals surface area contributed by atoms with Crippen molar-refractivity contribution in [2.24, 2.45) is 22.7 Å². The molecule has 4 bridgehead atoms. The first-order chi connectivity index (χ1) is 16.0. The van der Waals surface area contributed by atoms with Gasteiger partial charge in [-0.25, -0.2) is 0 Å². The second-order valence-electron chi connectivity index (χ2n) is 13.8. The molecule has 0 radical (unpaired) electrons. The second kappa shape index (κ2) is 7.09. The second-order valence-corrected chi connectivity index (χ2v) is 13.8. The maximum Gasteiger partial charge on any atom is 0.165 e. The standard InChI is InChI=1S/C29H41NO4.ClH/c1-25(2,3)26(4,32)20-15-27-10-11-29(20,33-5)24-28(27)12-13-30(16-17-6-7-17)21(27)14-18-8-9-19(31)23(34-24)22(18)28;/h8-9,17,20-21,24,31-32H,6-7,10-16H2,1-5H3;1H/t20?,21-,24?,26?,27-,28+,29+;/m1./s1. The summed E-state index contributed by atoms with van der Waals surface area (Å²) >= 11 is 0. The fraction of sp³-hybridized carbons (Fsp3) is 0.793. The van der Waals surface area contributed by atoms with Crippen LogP contribution in [0.2, 0.25) is 0 Å². The number of benzene rings is 1. The van der Waals surface area contributed by atoms with E-state index >= 15 is 0 Å². The average molecular weight is 504 g/mol. The molecule has 1 aromatic rings. The lowest BCUT2D eigenvalue weighted by Crippen LogP contribution is -2.83. The zero-order chi connectivity index (χ0) is 23.9. The van der Waals surface area contributed by atoms with Gasteiger partial charge in [0.2, 0.25) is 0 Å². The van der Waals surface area contributed by atoms with Gasteiger partial charge in [0.25, 0.3) is 0 Å². The molecule has 0 aromatic heterocycles. The number of hydrogen-bond acceptors (Lipinski definition) is 5. The number of rotatable bonds is 4. The Hall–Kier alpha value is -1.01. The quantitative estimate of drug-likeness (QED) is 0.616. The molecule has 194 valence electrons. The monoisotopic (exact) mass is 503 g/mol. The minimum Gasteiger partial charge on any atom is -0.504 e. The van der Waals surface area contributed by atoms with Crippen LogP contribution in [0, 0.1) is 22.7 Å². The molecule has 2 heterocycles. The Balaban J connectivity index is 0.00000229. The third-order valence-corrected chi connectivity index (χ3v) is 11.9. The van der Waals surface area contributed by atoms with Crippen LogP contribution in [0.25, 0.3) is 0 Å². The van der Waals surface area contributed by atoms with Crippen LogP contribution < -0.4 is 4.74 Å². The van der Waals surface area contributed by atoms with Crippen molar-refractivity contribution < 1.29 is 19.7 Å². The number of methoxy groups -OCH3 is 1. The van der Waals surface area contributed by atoms with Gasteiger partial charge in [-0.1, -0.05) is 26.8 Å². The van der Waals surface area contributed by atoms with Crippen molar-refractivity contribution in [3.05, 3.63) is 23.3 Å². The molecule has 1 aromatic carbocycles. The molecule has 5 aliphatic carbocycles. The largest absolute Gasteiger partial charge is 0.504 e. The SMILES string of the molecule is CO[C@@]12CC[C@@]3(CC1C(C)(O)C(C)(C)C)[C@H]1Cc4ccc(O)c5c4[C@@]3(CCN1CC1CC1)C2O5.Cl. The molecule has 5 fully saturated rings. The average Bonchev–Trinajstić information content (AvgIpc) is 3.53. The molecule has 1 saturated heterocycles. The Morgan fingerprint density at radius 3 is 2.54 bits per heavy atom. The Kier molecular flexibility index (Phi) is 4.93. The van der Waals surface area contributed by atoms with Crippen LogP contribution >= 0.6 is 12.4 Å². The molecule has 2 aliphatic heterocycles. The molecule has 35 heavy (non-hydrogen) atoms. The number of ether oxygens (including phenoxy) is 2. The van der Waals surface area contributed by atoms with Gasteiger partial charge in [0.1, 0.15) is 11.7 Å². The summed E-state index contributed by atoms with van der Waals surface area (Å²) in [5.41, 5.74) is 0.783. The lowest BCUT2D eigenvalue weighted by Gasteiger charge is -2.75. The number of piperidine rings is 1. The molecule has 8 rings (SSSR count). The minimum absolute atomic E-state index is 0. The van der Waals surface area contributed by atoms with Crippen molar-refractivity contribution >= 4 is 12.4 Å². The van der Waals surface area contributed by atoms with Crippen molar-refractivity contribution in [1.29, 1.82) is 0 Å². The van der Waals surface area contributed by atoms with Crippen molar-refractivity contribution in [3.8, 4) is 11.5 Å². The Morgan fingerprint density at radius 1 is 1.14 bits per heavy atom. The van der Waals surface area contributed by atoms with Crippen LogP contribution in [-0.4, -0.2) is 58.7 Å². The summed E-state index contributed by atoms with van der Waals surface area (Å²) in [6, 6.07) is 4.46. The first kappa shape index (κ1) is 24.3. The molecule has 0 amide bonds. The lowest BCUT2D eigenvalue weighted by molar-refractivity contribution is -0.312. The molecule has 6 heteroatoms. The molecule has 4 saturated carbocycles. The molecule has 5 nitrogen and oxygen atoms in total. The maximum absolute atomic E-state index is 12.2. The first-order valence-electron chi connectivity index (χ1n) is 13.6. The fourth-order valence-electron chi connectivity index (χ4n) is 9.58. The summed E-state index contributed by atoms with van der Waals surface area (Å²) in [6.07, 6.45) is 7.64. The highest BCUT2D eigenvalue weighted by Gasteiger charge is 2.82. The number of nitrogens with zero attached hydrogens (tertiary/aromatic N) is 1. The van der Waals surface area contributed by atoms with E-state index in [4.69, 9.17) is 9.47 Å². The van der Waals surface area contributed by atoms with Gasteiger partial charge in [-0.05, 0) is 81.4 Å². The van der Waals surface area contributed by atoms with Crippen LogP contribution in [0.4, 0.5) is 0 Å². The summed E-state index contributed by atoms with van der Waals surface area (Å²) in [4.78, 5) is 2.82. The molecule has 7 atom stereocenters. The number of aromatic hydroxyl groups is 1. The van der Waals surface area contributed by atoms with Crippen LogP contribution in [0.3, 0.4) is 0 Å². The number of hydrogen-bond donors (Lipinski definition) is 2. The summed E-state index contributed by atoms with van der Waals surface area (Å²) in [7, 11) is 1.83. The lowest BCUT2D eigenvalue weighted by atomic mass is 9.33. The Labute approximate surface area is 216 Å². The van der Waals surface area contributed by atoms with Crippen LogP contribution in [-0.2, 0) is 16.6 Å². The highest BCUT2D eigenvalue weighted by Crippen LogP contribution is 2.78. The predicted octanol–water partition coefficient (Wildman–Crippen LogP) is 4.84. The molecule has 7 aliphatic rings.